The van der Waals surface area contributed by atoms with Crippen LogP contribution in [0.4, 0.5) is 0 Å². The highest BCUT2D eigenvalue weighted by Gasteiger charge is 2.51. The predicted molar refractivity (Wildman–Crippen MR) is 150 cm³/mol. The molecule has 2 saturated heterocycles. The fraction of sp³-hybridized carbons (Fsp3) is 0.294. The van der Waals surface area contributed by atoms with Crippen LogP contribution in [0.3, 0.4) is 0 Å². The van der Waals surface area contributed by atoms with Crippen molar-refractivity contribution in [2.24, 2.45) is 0 Å². The molecule has 2 aliphatic heterocycles. The summed E-state index contributed by atoms with van der Waals surface area (Å²) in [5.74, 6) is 0. The molecule has 0 aliphatic carbocycles. The SMILES string of the molecule is c1ccc(CO[C@@H]2O[C@@H]3COC(c4ccccc4)O[C@@H]3[C@H](OCc3ccccc3)[C@H]2OCc2ccccc2)cc1. The Morgan fingerprint density at radius 1 is 0.525 bits per heavy atom. The van der Waals surface area contributed by atoms with Gasteiger partial charge in [-0.2, -0.15) is 0 Å². The molecule has 206 valence electrons. The van der Waals surface area contributed by atoms with Gasteiger partial charge < -0.3 is 28.4 Å². The predicted octanol–water partition coefficient (Wildman–Crippen LogP) is 6.21. The molecule has 6 nitrogen and oxygen atoms in total. The number of ether oxygens (including phenoxy) is 6. The summed E-state index contributed by atoms with van der Waals surface area (Å²) >= 11 is 0. The largest absolute Gasteiger partial charge is 0.368 e. The lowest BCUT2D eigenvalue weighted by Gasteiger charge is -2.49. The molecule has 2 fully saturated rings. The van der Waals surface area contributed by atoms with E-state index in [1.54, 1.807) is 0 Å². The van der Waals surface area contributed by atoms with Crippen molar-refractivity contribution in [1.29, 1.82) is 0 Å². The maximum Gasteiger partial charge on any atom is 0.187 e. The van der Waals surface area contributed by atoms with Gasteiger partial charge in [0.2, 0.25) is 0 Å². The van der Waals surface area contributed by atoms with Crippen LogP contribution in [-0.2, 0) is 48.2 Å². The van der Waals surface area contributed by atoms with E-state index in [1.165, 1.54) is 0 Å². The zero-order valence-corrected chi connectivity index (χ0v) is 22.3. The first kappa shape index (κ1) is 26.8. The fourth-order valence-electron chi connectivity index (χ4n) is 5.11. The third kappa shape index (κ3) is 6.67. The van der Waals surface area contributed by atoms with Gasteiger partial charge in [-0.3, -0.25) is 0 Å². The molecule has 0 spiro atoms. The van der Waals surface area contributed by atoms with Gasteiger partial charge in [0.15, 0.2) is 12.6 Å². The van der Waals surface area contributed by atoms with Crippen molar-refractivity contribution in [3.63, 3.8) is 0 Å². The van der Waals surface area contributed by atoms with E-state index in [-0.39, 0.29) is 6.10 Å². The average Bonchev–Trinajstić information content (AvgIpc) is 3.03. The fourth-order valence-corrected chi connectivity index (χ4v) is 5.11. The van der Waals surface area contributed by atoms with Gasteiger partial charge in [0, 0.05) is 5.56 Å². The number of rotatable bonds is 10. The molecular weight excluding hydrogens is 504 g/mol. The van der Waals surface area contributed by atoms with Crippen LogP contribution in [0.25, 0.3) is 0 Å². The number of hydrogen-bond donors (Lipinski definition) is 0. The van der Waals surface area contributed by atoms with Crippen LogP contribution in [-0.4, -0.2) is 37.3 Å². The summed E-state index contributed by atoms with van der Waals surface area (Å²) in [6.45, 7) is 1.53. The van der Waals surface area contributed by atoms with Crippen LogP contribution in [0.1, 0.15) is 28.5 Å². The summed E-state index contributed by atoms with van der Waals surface area (Å²) < 4.78 is 38.8. The molecule has 0 bridgehead atoms. The smallest absolute Gasteiger partial charge is 0.187 e. The second-order valence-corrected chi connectivity index (χ2v) is 10.0. The topological polar surface area (TPSA) is 55.4 Å². The first-order valence-corrected chi connectivity index (χ1v) is 13.8. The molecule has 4 aromatic carbocycles. The van der Waals surface area contributed by atoms with Crippen molar-refractivity contribution < 1.29 is 28.4 Å². The van der Waals surface area contributed by atoms with Crippen LogP contribution in [0.5, 0.6) is 0 Å². The van der Waals surface area contributed by atoms with Gasteiger partial charge in [0.25, 0.3) is 0 Å². The minimum Gasteiger partial charge on any atom is -0.368 e. The molecule has 2 heterocycles. The van der Waals surface area contributed by atoms with Crippen LogP contribution in [0, 0.1) is 0 Å². The van der Waals surface area contributed by atoms with Crippen LogP contribution < -0.4 is 0 Å². The zero-order chi connectivity index (χ0) is 27.0. The van der Waals surface area contributed by atoms with Gasteiger partial charge in [-0.1, -0.05) is 121 Å². The second kappa shape index (κ2) is 13.3. The van der Waals surface area contributed by atoms with Gasteiger partial charge in [0.1, 0.15) is 24.4 Å². The second-order valence-electron chi connectivity index (χ2n) is 10.0. The summed E-state index contributed by atoms with van der Waals surface area (Å²) in [5, 5.41) is 0. The Morgan fingerprint density at radius 3 is 1.55 bits per heavy atom. The van der Waals surface area contributed by atoms with Crippen LogP contribution >= 0.6 is 0 Å². The van der Waals surface area contributed by atoms with Crippen molar-refractivity contribution in [2.45, 2.75) is 56.8 Å². The van der Waals surface area contributed by atoms with E-state index in [1.807, 2.05) is 109 Å². The molecule has 0 amide bonds. The van der Waals surface area contributed by atoms with Crippen molar-refractivity contribution in [2.75, 3.05) is 6.61 Å². The lowest BCUT2D eigenvalue weighted by molar-refractivity contribution is -0.374. The molecule has 6 heteroatoms. The lowest BCUT2D eigenvalue weighted by atomic mass is 9.97. The van der Waals surface area contributed by atoms with Crippen molar-refractivity contribution in [1.82, 2.24) is 0 Å². The van der Waals surface area contributed by atoms with E-state index >= 15 is 0 Å². The molecule has 40 heavy (non-hydrogen) atoms. The van der Waals surface area contributed by atoms with Crippen molar-refractivity contribution in [3.8, 4) is 0 Å². The van der Waals surface area contributed by atoms with Crippen molar-refractivity contribution in [3.05, 3.63) is 144 Å². The van der Waals surface area contributed by atoms with E-state index in [0.29, 0.717) is 26.4 Å². The first-order valence-electron chi connectivity index (χ1n) is 13.8. The molecule has 0 aromatic heterocycles. The lowest BCUT2D eigenvalue weighted by Crippen LogP contribution is -2.63. The van der Waals surface area contributed by atoms with E-state index in [4.69, 9.17) is 28.4 Å². The van der Waals surface area contributed by atoms with Crippen LogP contribution in [0.2, 0.25) is 0 Å². The van der Waals surface area contributed by atoms with Gasteiger partial charge in [0.05, 0.1) is 26.4 Å². The summed E-state index contributed by atoms with van der Waals surface area (Å²) in [6, 6.07) is 40.2. The molecule has 0 radical (unpaired) electrons. The maximum absolute atomic E-state index is 6.64. The molecule has 6 atom stereocenters. The summed E-state index contributed by atoms with van der Waals surface area (Å²) in [7, 11) is 0. The summed E-state index contributed by atoms with van der Waals surface area (Å²) in [6.07, 6.45) is -2.99. The maximum atomic E-state index is 6.64. The molecule has 0 N–H and O–H groups in total. The van der Waals surface area contributed by atoms with Gasteiger partial charge >= 0.3 is 0 Å². The van der Waals surface area contributed by atoms with Gasteiger partial charge in [-0.15, -0.1) is 0 Å². The Kier molecular flexibility index (Phi) is 8.95. The number of benzene rings is 4. The van der Waals surface area contributed by atoms with E-state index in [9.17, 15) is 0 Å². The first-order chi connectivity index (χ1) is 19.8. The highest BCUT2D eigenvalue weighted by Crippen LogP contribution is 2.37. The van der Waals surface area contributed by atoms with Gasteiger partial charge in [-0.25, -0.2) is 0 Å². The Morgan fingerprint density at radius 2 is 1.00 bits per heavy atom. The van der Waals surface area contributed by atoms with Gasteiger partial charge in [-0.05, 0) is 16.7 Å². The highest BCUT2D eigenvalue weighted by atomic mass is 16.8. The minimum atomic E-state index is -0.675. The monoisotopic (exact) mass is 538 g/mol. The third-order valence-corrected chi connectivity index (χ3v) is 7.18. The standard InChI is InChI=1S/C34H34O6/c1-5-13-25(14-6-1)21-35-31-30-29(24-38-33(40-30)28-19-11-4-12-20-28)39-34(37-23-27-17-9-3-10-18-27)32(31)36-22-26-15-7-2-8-16-26/h1-20,29-34H,21-24H2/t29-,30+,31+,32-,33?,34-/m1/s1. The molecule has 0 saturated carbocycles. The molecule has 2 aliphatic rings. The Balaban J connectivity index is 1.27. The minimum absolute atomic E-state index is 0.353. The Hall–Kier alpha value is -3.36. The normalized spacial score (nSPS) is 26.2. The third-order valence-electron chi connectivity index (χ3n) is 7.18. The summed E-state index contributed by atoms with van der Waals surface area (Å²) in [4.78, 5) is 0. The number of fused-ring (bicyclic) bond motifs is 1. The zero-order valence-electron chi connectivity index (χ0n) is 22.3. The number of hydrogen-bond acceptors (Lipinski definition) is 6. The molecule has 6 rings (SSSR count). The van der Waals surface area contributed by atoms with E-state index in [0.717, 1.165) is 22.3 Å². The molecule has 1 unspecified atom stereocenters. The average molecular weight is 539 g/mol. The highest BCUT2D eigenvalue weighted by molar-refractivity contribution is 5.18. The summed E-state index contributed by atoms with van der Waals surface area (Å²) in [5.41, 5.74) is 4.13. The Labute approximate surface area is 235 Å². The molecular formula is C34H34O6. The van der Waals surface area contributed by atoms with Crippen LogP contribution in [0.15, 0.2) is 121 Å². The van der Waals surface area contributed by atoms with Crippen molar-refractivity contribution >= 4 is 0 Å². The Bertz CT molecular complexity index is 1290. The van der Waals surface area contributed by atoms with E-state index in [2.05, 4.69) is 12.1 Å². The quantitative estimate of drug-likeness (QED) is 0.239. The van der Waals surface area contributed by atoms with E-state index < -0.39 is 30.9 Å². The molecule has 4 aromatic rings.